The third-order valence-electron chi connectivity index (χ3n) is 2.25. The van der Waals surface area contributed by atoms with Crippen LogP contribution >= 0.6 is 11.6 Å². The predicted molar refractivity (Wildman–Crippen MR) is 68.2 cm³/mol. The van der Waals surface area contributed by atoms with Crippen LogP contribution in [0.3, 0.4) is 0 Å². The number of phenols is 1. The Kier molecular flexibility index (Phi) is 3.39. The number of rotatable bonds is 3. The third-order valence-corrected chi connectivity index (χ3v) is 2.49. The molecule has 5 heteroatoms. The van der Waals surface area contributed by atoms with E-state index in [-0.39, 0.29) is 17.1 Å². The molecule has 2 aromatic rings. The van der Waals surface area contributed by atoms with Crippen molar-refractivity contribution in [2.24, 2.45) is 5.73 Å². The summed E-state index contributed by atoms with van der Waals surface area (Å²) < 4.78 is 5.49. The Balaban J connectivity index is 2.39. The zero-order valence-corrected chi connectivity index (χ0v) is 10.0. The van der Waals surface area contributed by atoms with E-state index in [1.54, 1.807) is 18.2 Å². The van der Waals surface area contributed by atoms with Crippen molar-refractivity contribution in [1.82, 2.24) is 0 Å². The molecule has 2 rings (SSSR count). The maximum atomic E-state index is 11.2. The number of phenolic OH excluding ortho intramolecular Hbond substituents is 1. The largest absolute Gasteiger partial charge is 0.508 e. The molecule has 0 radical (unpaired) electrons. The highest BCUT2D eigenvalue weighted by molar-refractivity contribution is 6.30. The molecule has 92 valence electrons. The van der Waals surface area contributed by atoms with Crippen LogP contribution in [0.1, 0.15) is 10.4 Å². The Bertz CT molecular complexity index is 599. The molecule has 0 saturated heterocycles. The topological polar surface area (TPSA) is 72.6 Å². The summed E-state index contributed by atoms with van der Waals surface area (Å²) in [4.78, 5) is 11.2. The lowest BCUT2D eigenvalue weighted by molar-refractivity contribution is 0.0998. The van der Waals surface area contributed by atoms with Gasteiger partial charge in [-0.2, -0.15) is 0 Å². The molecule has 2 aromatic carbocycles. The van der Waals surface area contributed by atoms with Crippen molar-refractivity contribution in [3.63, 3.8) is 0 Å². The molecular weight excluding hydrogens is 254 g/mol. The van der Waals surface area contributed by atoms with E-state index in [1.807, 2.05) is 0 Å². The van der Waals surface area contributed by atoms with E-state index in [4.69, 9.17) is 22.1 Å². The van der Waals surface area contributed by atoms with Crippen molar-refractivity contribution in [3.05, 3.63) is 53.1 Å². The number of nitrogens with two attached hydrogens (primary N) is 1. The van der Waals surface area contributed by atoms with E-state index in [0.29, 0.717) is 10.8 Å². The first-order valence-corrected chi connectivity index (χ1v) is 5.50. The number of primary amides is 1. The maximum absolute atomic E-state index is 11.2. The minimum Gasteiger partial charge on any atom is -0.508 e. The van der Waals surface area contributed by atoms with Gasteiger partial charge in [0.25, 0.3) is 5.91 Å². The highest BCUT2D eigenvalue weighted by Crippen LogP contribution is 2.29. The van der Waals surface area contributed by atoms with Crippen molar-refractivity contribution in [2.45, 2.75) is 0 Å². The molecule has 0 aliphatic rings. The molecule has 3 N–H and O–H groups in total. The van der Waals surface area contributed by atoms with E-state index in [1.165, 1.54) is 24.3 Å². The Labute approximate surface area is 109 Å². The molecule has 0 bridgehead atoms. The zero-order chi connectivity index (χ0) is 13.1. The van der Waals surface area contributed by atoms with Gasteiger partial charge in [0.2, 0.25) is 0 Å². The van der Waals surface area contributed by atoms with Crippen LogP contribution in [-0.4, -0.2) is 11.0 Å². The van der Waals surface area contributed by atoms with E-state index in [0.717, 1.165) is 0 Å². The monoisotopic (exact) mass is 263 g/mol. The van der Waals surface area contributed by atoms with Crippen LogP contribution < -0.4 is 10.5 Å². The number of carbonyl (C=O) groups excluding carboxylic acids is 1. The summed E-state index contributed by atoms with van der Waals surface area (Å²) in [5.74, 6) is 0.0948. The Hall–Kier alpha value is -2.20. The quantitative estimate of drug-likeness (QED) is 0.894. The number of hydrogen-bond acceptors (Lipinski definition) is 3. The van der Waals surface area contributed by atoms with Crippen molar-refractivity contribution >= 4 is 17.5 Å². The van der Waals surface area contributed by atoms with Gasteiger partial charge < -0.3 is 15.6 Å². The van der Waals surface area contributed by atoms with Crippen LogP contribution in [-0.2, 0) is 0 Å². The van der Waals surface area contributed by atoms with Gasteiger partial charge in [-0.25, -0.2) is 0 Å². The summed E-state index contributed by atoms with van der Waals surface area (Å²) in [5, 5.41) is 9.75. The Morgan fingerprint density at radius 1 is 1.22 bits per heavy atom. The summed E-state index contributed by atoms with van der Waals surface area (Å²) in [6.07, 6.45) is 0. The SMILES string of the molecule is NC(=O)c1ccc(Cl)cc1Oc1cccc(O)c1. The molecule has 0 aliphatic heterocycles. The van der Waals surface area contributed by atoms with Crippen LogP contribution in [0.4, 0.5) is 0 Å². The number of halogens is 1. The van der Waals surface area contributed by atoms with Gasteiger partial charge in [-0.1, -0.05) is 17.7 Å². The molecule has 0 aromatic heterocycles. The normalized spacial score (nSPS) is 10.1. The molecule has 0 atom stereocenters. The molecule has 18 heavy (non-hydrogen) atoms. The van der Waals surface area contributed by atoms with E-state index < -0.39 is 5.91 Å². The van der Waals surface area contributed by atoms with Crippen LogP contribution in [0.5, 0.6) is 17.2 Å². The lowest BCUT2D eigenvalue weighted by Crippen LogP contribution is -2.12. The second-order valence-electron chi connectivity index (χ2n) is 3.60. The molecule has 0 unspecified atom stereocenters. The van der Waals surface area contributed by atoms with Crippen LogP contribution in [0.25, 0.3) is 0 Å². The summed E-state index contributed by atoms with van der Waals surface area (Å²) in [5.41, 5.74) is 5.46. The average Bonchev–Trinajstić information content (AvgIpc) is 2.28. The van der Waals surface area contributed by atoms with Crippen molar-refractivity contribution < 1.29 is 14.6 Å². The van der Waals surface area contributed by atoms with Crippen molar-refractivity contribution in [3.8, 4) is 17.2 Å². The molecule has 0 saturated carbocycles. The zero-order valence-electron chi connectivity index (χ0n) is 9.26. The molecule has 4 nitrogen and oxygen atoms in total. The minimum atomic E-state index is -0.609. The molecule has 1 amide bonds. The number of hydrogen-bond donors (Lipinski definition) is 2. The lowest BCUT2D eigenvalue weighted by atomic mass is 10.2. The van der Waals surface area contributed by atoms with Gasteiger partial charge in [-0.3, -0.25) is 4.79 Å². The first-order chi connectivity index (χ1) is 8.56. The molecule has 0 aliphatic carbocycles. The van der Waals surface area contributed by atoms with Gasteiger partial charge >= 0.3 is 0 Å². The van der Waals surface area contributed by atoms with Crippen LogP contribution in [0.2, 0.25) is 5.02 Å². The fraction of sp³-hybridized carbons (Fsp3) is 0. The number of carbonyl (C=O) groups is 1. The Morgan fingerprint density at radius 3 is 2.67 bits per heavy atom. The molecular formula is C13H10ClNO3. The predicted octanol–water partition coefficient (Wildman–Crippen LogP) is 2.94. The number of benzene rings is 2. The van der Waals surface area contributed by atoms with E-state index in [9.17, 15) is 9.90 Å². The maximum Gasteiger partial charge on any atom is 0.252 e. The van der Waals surface area contributed by atoms with Crippen LogP contribution in [0.15, 0.2) is 42.5 Å². The summed E-state index contributed by atoms with van der Waals surface area (Å²) in [7, 11) is 0. The number of aromatic hydroxyl groups is 1. The van der Waals surface area contributed by atoms with Crippen molar-refractivity contribution in [2.75, 3.05) is 0 Å². The average molecular weight is 264 g/mol. The highest BCUT2D eigenvalue weighted by Gasteiger charge is 2.11. The van der Waals surface area contributed by atoms with Gasteiger partial charge in [0.05, 0.1) is 5.56 Å². The highest BCUT2D eigenvalue weighted by atomic mass is 35.5. The minimum absolute atomic E-state index is 0.0650. The van der Waals surface area contributed by atoms with Gasteiger partial charge in [0.15, 0.2) is 0 Å². The molecule has 0 spiro atoms. The fourth-order valence-electron chi connectivity index (χ4n) is 1.46. The third kappa shape index (κ3) is 2.73. The summed E-state index contributed by atoms with van der Waals surface area (Å²) in [6, 6.07) is 10.7. The second-order valence-corrected chi connectivity index (χ2v) is 4.04. The fourth-order valence-corrected chi connectivity index (χ4v) is 1.62. The Morgan fingerprint density at radius 2 is 2.00 bits per heavy atom. The first kappa shape index (κ1) is 12.3. The second kappa shape index (κ2) is 4.98. The van der Waals surface area contributed by atoms with Gasteiger partial charge in [0.1, 0.15) is 17.2 Å². The number of amides is 1. The van der Waals surface area contributed by atoms with E-state index in [2.05, 4.69) is 0 Å². The van der Waals surface area contributed by atoms with Crippen LogP contribution in [0, 0.1) is 0 Å². The summed E-state index contributed by atoms with van der Waals surface area (Å²) in [6.45, 7) is 0. The van der Waals surface area contributed by atoms with E-state index >= 15 is 0 Å². The molecule has 0 heterocycles. The summed E-state index contributed by atoms with van der Waals surface area (Å²) >= 11 is 5.84. The van der Waals surface area contributed by atoms with Gasteiger partial charge in [-0.15, -0.1) is 0 Å². The smallest absolute Gasteiger partial charge is 0.252 e. The lowest BCUT2D eigenvalue weighted by Gasteiger charge is -2.09. The molecule has 0 fully saturated rings. The van der Waals surface area contributed by atoms with Gasteiger partial charge in [0, 0.05) is 17.2 Å². The number of ether oxygens (including phenoxy) is 1. The van der Waals surface area contributed by atoms with Crippen molar-refractivity contribution in [1.29, 1.82) is 0 Å². The first-order valence-electron chi connectivity index (χ1n) is 5.12. The standard InChI is InChI=1S/C13H10ClNO3/c14-8-4-5-11(13(15)17)12(6-8)18-10-3-1-2-9(16)7-10/h1-7,16H,(H2,15,17). The van der Waals surface area contributed by atoms with Gasteiger partial charge in [-0.05, 0) is 24.3 Å².